The predicted octanol–water partition coefficient (Wildman–Crippen LogP) is 1.96. The van der Waals surface area contributed by atoms with Gasteiger partial charge in [0.25, 0.3) is 0 Å². The molecular formula is C14H25NO2. The molecule has 0 bridgehead atoms. The molecule has 1 N–H and O–H groups in total. The largest absolute Gasteiger partial charge is 0.378 e. The molecule has 2 heterocycles. The molecule has 3 unspecified atom stereocenters. The zero-order valence-corrected chi connectivity index (χ0v) is 10.9. The van der Waals surface area contributed by atoms with E-state index in [1.807, 2.05) is 0 Å². The summed E-state index contributed by atoms with van der Waals surface area (Å²) in [6.07, 6.45) is 8.66. The second kappa shape index (κ2) is 4.87. The molecule has 3 atom stereocenters. The molecule has 3 rings (SSSR count). The average Bonchev–Trinajstić information content (AvgIpc) is 2.88. The number of nitrogens with one attached hydrogen (secondary N) is 1. The van der Waals surface area contributed by atoms with Gasteiger partial charge in [0.15, 0.2) is 0 Å². The molecule has 0 aromatic carbocycles. The third kappa shape index (κ3) is 2.38. The third-order valence-corrected chi connectivity index (χ3v) is 4.74. The standard InChI is InChI=1S/C14H25NO2/c1-15-10-14(9-12-3-2-7-16-12)6-8-17-13(14)11-4-5-11/h11-13,15H,2-10H2,1H3. The minimum Gasteiger partial charge on any atom is -0.378 e. The van der Waals surface area contributed by atoms with Crippen LogP contribution in [0.4, 0.5) is 0 Å². The van der Waals surface area contributed by atoms with Crippen LogP contribution in [0.25, 0.3) is 0 Å². The molecule has 1 saturated carbocycles. The zero-order chi connectivity index (χ0) is 11.7. The Balaban J connectivity index is 1.70. The Morgan fingerprint density at radius 1 is 1.18 bits per heavy atom. The summed E-state index contributed by atoms with van der Waals surface area (Å²) in [6, 6.07) is 0. The number of ether oxygens (including phenoxy) is 2. The molecule has 0 spiro atoms. The maximum atomic E-state index is 6.06. The molecule has 17 heavy (non-hydrogen) atoms. The molecule has 3 aliphatic rings. The molecule has 0 aromatic heterocycles. The van der Waals surface area contributed by atoms with Gasteiger partial charge in [-0.25, -0.2) is 0 Å². The van der Waals surface area contributed by atoms with E-state index in [0.29, 0.717) is 17.6 Å². The molecule has 2 saturated heterocycles. The first-order valence-corrected chi connectivity index (χ1v) is 7.22. The monoisotopic (exact) mass is 239 g/mol. The van der Waals surface area contributed by atoms with Crippen LogP contribution in [0.2, 0.25) is 0 Å². The van der Waals surface area contributed by atoms with Gasteiger partial charge in [0.05, 0.1) is 12.2 Å². The minimum absolute atomic E-state index is 0.352. The molecular weight excluding hydrogens is 214 g/mol. The van der Waals surface area contributed by atoms with Gasteiger partial charge in [-0.2, -0.15) is 0 Å². The fraction of sp³-hybridized carbons (Fsp3) is 1.00. The Labute approximate surface area is 104 Å². The van der Waals surface area contributed by atoms with E-state index in [9.17, 15) is 0 Å². The lowest BCUT2D eigenvalue weighted by Crippen LogP contribution is -2.43. The van der Waals surface area contributed by atoms with Crippen molar-refractivity contribution >= 4 is 0 Å². The van der Waals surface area contributed by atoms with Crippen molar-refractivity contribution < 1.29 is 9.47 Å². The molecule has 0 aromatic rings. The van der Waals surface area contributed by atoms with Crippen LogP contribution in [-0.2, 0) is 9.47 Å². The number of hydrogen-bond acceptors (Lipinski definition) is 3. The van der Waals surface area contributed by atoms with E-state index in [0.717, 1.165) is 25.7 Å². The van der Waals surface area contributed by atoms with Crippen LogP contribution in [0.3, 0.4) is 0 Å². The van der Waals surface area contributed by atoms with Gasteiger partial charge in [-0.15, -0.1) is 0 Å². The summed E-state index contributed by atoms with van der Waals surface area (Å²) in [5.74, 6) is 0.840. The smallest absolute Gasteiger partial charge is 0.0673 e. The first kappa shape index (κ1) is 11.9. The van der Waals surface area contributed by atoms with Gasteiger partial charge in [0.2, 0.25) is 0 Å². The highest BCUT2D eigenvalue weighted by atomic mass is 16.5. The van der Waals surface area contributed by atoms with E-state index < -0.39 is 0 Å². The molecule has 98 valence electrons. The summed E-state index contributed by atoms with van der Waals surface area (Å²) in [6.45, 7) is 3.01. The van der Waals surface area contributed by atoms with Crippen molar-refractivity contribution in [3.8, 4) is 0 Å². The van der Waals surface area contributed by atoms with Gasteiger partial charge in [0.1, 0.15) is 0 Å². The van der Waals surface area contributed by atoms with E-state index in [1.165, 1.54) is 38.5 Å². The Kier molecular flexibility index (Phi) is 3.42. The Morgan fingerprint density at radius 2 is 2.06 bits per heavy atom. The van der Waals surface area contributed by atoms with Gasteiger partial charge in [-0.05, 0) is 51.5 Å². The lowest BCUT2D eigenvalue weighted by Gasteiger charge is -2.36. The normalized spacial score (nSPS) is 42.2. The van der Waals surface area contributed by atoms with E-state index in [1.54, 1.807) is 0 Å². The fourth-order valence-corrected chi connectivity index (χ4v) is 3.83. The summed E-state index contributed by atoms with van der Waals surface area (Å²) in [5.41, 5.74) is 0.352. The first-order valence-electron chi connectivity index (χ1n) is 7.22. The molecule has 1 aliphatic carbocycles. The van der Waals surface area contributed by atoms with Crippen molar-refractivity contribution in [1.29, 1.82) is 0 Å². The van der Waals surface area contributed by atoms with Crippen molar-refractivity contribution in [2.75, 3.05) is 26.8 Å². The van der Waals surface area contributed by atoms with Crippen molar-refractivity contribution in [2.24, 2.45) is 11.3 Å². The quantitative estimate of drug-likeness (QED) is 0.795. The second-order valence-electron chi connectivity index (χ2n) is 6.11. The lowest BCUT2D eigenvalue weighted by molar-refractivity contribution is -0.00460. The van der Waals surface area contributed by atoms with Crippen LogP contribution >= 0.6 is 0 Å². The average molecular weight is 239 g/mol. The van der Waals surface area contributed by atoms with Crippen molar-refractivity contribution in [1.82, 2.24) is 5.32 Å². The third-order valence-electron chi connectivity index (χ3n) is 4.74. The van der Waals surface area contributed by atoms with Gasteiger partial charge in [0, 0.05) is 25.2 Å². The van der Waals surface area contributed by atoms with Crippen LogP contribution < -0.4 is 5.32 Å². The first-order chi connectivity index (χ1) is 8.34. The van der Waals surface area contributed by atoms with Gasteiger partial charge in [-0.1, -0.05) is 0 Å². The summed E-state index contributed by atoms with van der Waals surface area (Å²) >= 11 is 0. The molecule has 0 radical (unpaired) electrons. The maximum Gasteiger partial charge on any atom is 0.0673 e. The van der Waals surface area contributed by atoms with E-state index in [-0.39, 0.29) is 0 Å². The van der Waals surface area contributed by atoms with Gasteiger partial charge in [-0.3, -0.25) is 0 Å². The van der Waals surface area contributed by atoms with E-state index in [4.69, 9.17) is 9.47 Å². The second-order valence-corrected chi connectivity index (χ2v) is 6.11. The highest BCUT2D eigenvalue weighted by molar-refractivity contribution is 5.01. The Bertz CT molecular complexity index is 261. The van der Waals surface area contributed by atoms with Gasteiger partial charge < -0.3 is 14.8 Å². The number of hydrogen-bond donors (Lipinski definition) is 1. The summed E-state index contributed by atoms with van der Waals surface area (Å²) in [7, 11) is 2.07. The fourth-order valence-electron chi connectivity index (χ4n) is 3.83. The van der Waals surface area contributed by atoms with Crippen LogP contribution in [0.15, 0.2) is 0 Å². The maximum absolute atomic E-state index is 6.06. The van der Waals surface area contributed by atoms with Crippen LogP contribution in [0, 0.1) is 11.3 Å². The predicted molar refractivity (Wildman–Crippen MR) is 67.0 cm³/mol. The summed E-state index contributed by atoms with van der Waals surface area (Å²) in [5, 5.41) is 3.40. The van der Waals surface area contributed by atoms with Crippen LogP contribution in [0.5, 0.6) is 0 Å². The molecule has 0 amide bonds. The highest BCUT2D eigenvalue weighted by Crippen LogP contribution is 2.50. The summed E-state index contributed by atoms with van der Waals surface area (Å²) in [4.78, 5) is 0. The van der Waals surface area contributed by atoms with Gasteiger partial charge >= 0.3 is 0 Å². The molecule has 3 heteroatoms. The highest BCUT2D eigenvalue weighted by Gasteiger charge is 2.51. The molecule has 3 fully saturated rings. The van der Waals surface area contributed by atoms with Crippen molar-refractivity contribution in [2.45, 2.75) is 50.7 Å². The molecule has 3 nitrogen and oxygen atoms in total. The Hall–Kier alpha value is -0.120. The Morgan fingerprint density at radius 3 is 2.71 bits per heavy atom. The SMILES string of the molecule is CNCC1(CC2CCCO2)CCOC1C1CC1. The topological polar surface area (TPSA) is 30.5 Å². The van der Waals surface area contributed by atoms with Crippen LogP contribution in [0.1, 0.15) is 38.5 Å². The zero-order valence-electron chi connectivity index (χ0n) is 10.9. The van der Waals surface area contributed by atoms with E-state index in [2.05, 4.69) is 12.4 Å². The lowest BCUT2D eigenvalue weighted by atomic mass is 9.74. The van der Waals surface area contributed by atoms with Crippen molar-refractivity contribution in [3.05, 3.63) is 0 Å². The summed E-state index contributed by atoms with van der Waals surface area (Å²) < 4.78 is 11.9. The van der Waals surface area contributed by atoms with E-state index >= 15 is 0 Å². The minimum atomic E-state index is 0.352. The molecule has 2 aliphatic heterocycles. The van der Waals surface area contributed by atoms with Crippen LogP contribution in [-0.4, -0.2) is 39.0 Å². The van der Waals surface area contributed by atoms with Crippen molar-refractivity contribution in [3.63, 3.8) is 0 Å². The number of rotatable bonds is 5.